The van der Waals surface area contributed by atoms with Gasteiger partial charge in [-0.2, -0.15) is 0 Å². The molecule has 0 radical (unpaired) electrons. The molecule has 0 unspecified atom stereocenters. The van der Waals surface area contributed by atoms with E-state index in [-0.39, 0.29) is 0 Å². The zero-order chi connectivity index (χ0) is 17.5. The minimum Gasteiger partial charge on any atom is -0.427 e. The number of nitrogens with zero attached hydrogens (tertiary/aromatic N) is 3. The molecule has 3 rings (SSSR count). The Hall–Kier alpha value is -1.88. The molecule has 0 bridgehead atoms. The molecule has 5 heteroatoms. The highest BCUT2D eigenvalue weighted by Gasteiger charge is 2.48. The molecule has 0 fully saturated rings. The fourth-order valence-electron chi connectivity index (χ4n) is 4.63. The van der Waals surface area contributed by atoms with E-state index in [9.17, 15) is 0 Å². The lowest BCUT2D eigenvalue weighted by atomic mass is 10.3. The first-order valence-corrected chi connectivity index (χ1v) is 11.0. The number of fused-ring (bicyclic) bond motifs is 1. The number of imidazole rings is 1. The van der Waals surface area contributed by atoms with E-state index in [2.05, 4.69) is 69.3 Å². The molecule has 1 aromatic carbocycles. The summed E-state index contributed by atoms with van der Waals surface area (Å²) in [6, 6.07) is 8.32. The number of rotatable bonds is 5. The Morgan fingerprint density at radius 3 is 2.12 bits per heavy atom. The van der Waals surface area contributed by atoms with Crippen LogP contribution in [0.3, 0.4) is 0 Å². The maximum absolute atomic E-state index is 5.70. The first-order valence-electron chi connectivity index (χ1n) is 8.77. The van der Waals surface area contributed by atoms with Crippen LogP contribution in [-0.4, -0.2) is 22.6 Å². The second kappa shape index (κ2) is 6.20. The van der Waals surface area contributed by atoms with Crippen LogP contribution in [0.5, 0.6) is 0 Å². The zero-order valence-electron chi connectivity index (χ0n) is 15.4. The molecule has 0 saturated carbocycles. The van der Waals surface area contributed by atoms with Crippen molar-refractivity contribution in [2.75, 3.05) is 0 Å². The molecule has 0 aliphatic heterocycles. The maximum atomic E-state index is 5.70. The molecule has 2 aromatic heterocycles. The number of benzene rings is 1. The quantitative estimate of drug-likeness (QED) is 0.620. The van der Waals surface area contributed by atoms with Crippen molar-refractivity contribution >= 4 is 24.6 Å². The van der Waals surface area contributed by atoms with Gasteiger partial charge in [-0.25, -0.2) is 9.97 Å². The first-order chi connectivity index (χ1) is 11.4. The Balaban J connectivity index is 2.42. The van der Waals surface area contributed by atoms with Crippen LogP contribution < -0.4 is 5.45 Å². The molecule has 2 heterocycles. The standard InChI is InChI=1S/C19H27N3OSi/c1-13(2)24(14(3)4,15(5)6)19-21-16-9-7-8-10-17(16)22(19)18-11-20-12-23-18/h7-15H,1-6H3. The van der Waals surface area contributed by atoms with Crippen LogP contribution in [0.4, 0.5) is 0 Å². The van der Waals surface area contributed by atoms with E-state index in [1.165, 1.54) is 11.8 Å². The highest BCUT2D eigenvalue weighted by molar-refractivity contribution is 6.94. The molecule has 0 aliphatic rings. The van der Waals surface area contributed by atoms with Crippen molar-refractivity contribution in [2.24, 2.45) is 0 Å². The lowest BCUT2D eigenvalue weighted by molar-refractivity contribution is 0.536. The van der Waals surface area contributed by atoms with E-state index in [0.717, 1.165) is 16.9 Å². The summed E-state index contributed by atoms with van der Waals surface area (Å²) in [7, 11) is -1.92. The van der Waals surface area contributed by atoms with Gasteiger partial charge in [0.2, 0.25) is 5.88 Å². The Bertz CT molecular complexity index is 797. The van der Waals surface area contributed by atoms with Crippen LogP contribution in [0.2, 0.25) is 16.6 Å². The highest BCUT2D eigenvalue weighted by atomic mass is 28.3. The molecule has 3 aromatic rings. The summed E-state index contributed by atoms with van der Waals surface area (Å²) in [6.45, 7) is 14.1. The van der Waals surface area contributed by atoms with E-state index in [4.69, 9.17) is 9.40 Å². The van der Waals surface area contributed by atoms with Gasteiger partial charge in [0.05, 0.1) is 22.7 Å². The van der Waals surface area contributed by atoms with Gasteiger partial charge >= 0.3 is 0 Å². The summed E-state index contributed by atoms with van der Waals surface area (Å²) >= 11 is 0. The van der Waals surface area contributed by atoms with Crippen LogP contribution >= 0.6 is 0 Å². The van der Waals surface area contributed by atoms with Gasteiger partial charge < -0.3 is 4.42 Å². The number of oxazole rings is 1. The van der Waals surface area contributed by atoms with E-state index >= 15 is 0 Å². The van der Waals surface area contributed by atoms with Crippen molar-refractivity contribution in [3.05, 3.63) is 36.9 Å². The van der Waals surface area contributed by atoms with Crippen LogP contribution in [-0.2, 0) is 0 Å². The van der Waals surface area contributed by atoms with Gasteiger partial charge in [-0.1, -0.05) is 53.7 Å². The van der Waals surface area contributed by atoms with Crippen molar-refractivity contribution in [1.29, 1.82) is 0 Å². The Kier molecular flexibility index (Phi) is 4.38. The van der Waals surface area contributed by atoms with E-state index in [0.29, 0.717) is 16.6 Å². The lowest BCUT2D eigenvalue weighted by Crippen LogP contribution is -2.59. The summed E-state index contributed by atoms with van der Waals surface area (Å²) in [5.41, 5.74) is 5.08. The number of hydrogen-bond acceptors (Lipinski definition) is 3. The molecule has 0 saturated heterocycles. The third-order valence-corrected chi connectivity index (χ3v) is 12.3. The third kappa shape index (κ3) is 2.33. The molecule has 4 nitrogen and oxygen atoms in total. The van der Waals surface area contributed by atoms with Crippen LogP contribution in [0, 0.1) is 0 Å². The largest absolute Gasteiger partial charge is 0.427 e. The predicted molar refractivity (Wildman–Crippen MR) is 102 cm³/mol. The monoisotopic (exact) mass is 341 g/mol. The maximum Gasteiger partial charge on any atom is 0.225 e. The van der Waals surface area contributed by atoms with Crippen molar-refractivity contribution in [2.45, 2.75) is 58.2 Å². The fourth-order valence-corrected chi connectivity index (χ4v) is 11.1. The molecule has 128 valence electrons. The number of para-hydroxylation sites is 2. The summed E-state index contributed by atoms with van der Waals surface area (Å²) < 4.78 is 7.91. The molecular weight excluding hydrogens is 314 g/mol. The second-order valence-corrected chi connectivity index (χ2v) is 13.3. The Morgan fingerprint density at radius 1 is 0.958 bits per heavy atom. The average molecular weight is 342 g/mol. The Morgan fingerprint density at radius 2 is 1.58 bits per heavy atom. The topological polar surface area (TPSA) is 43.9 Å². The summed E-state index contributed by atoms with van der Waals surface area (Å²) in [5, 5.41) is 0. The minimum absolute atomic E-state index is 0.580. The summed E-state index contributed by atoms with van der Waals surface area (Å²) in [4.78, 5) is 9.28. The van der Waals surface area contributed by atoms with Gasteiger partial charge in [0.1, 0.15) is 8.07 Å². The molecule has 24 heavy (non-hydrogen) atoms. The van der Waals surface area contributed by atoms with Crippen molar-refractivity contribution in [3.63, 3.8) is 0 Å². The van der Waals surface area contributed by atoms with Crippen molar-refractivity contribution < 1.29 is 4.42 Å². The van der Waals surface area contributed by atoms with Crippen LogP contribution in [0.25, 0.3) is 16.9 Å². The predicted octanol–water partition coefficient (Wildman–Crippen LogP) is 4.90. The summed E-state index contributed by atoms with van der Waals surface area (Å²) in [6.07, 6.45) is 3.29. The van der Waals surface area contributed by atoms with Gasteiger partial charge in [0.25, 0.3) is 0 Å². The average Bonchev–Trinajstić information content (AvgIpc) is 3.13. The molecule has 0 atom stereocenters. The number of hydrogen-bond donors (Lipinski definition) is 0. The zero-order valence-corrected chi connectivity index (χ0v) is 16.4. The molecule has 0 N–H and O–H groups in total. The van der Waals surface area contributed by atoms with Gasteiger partial charge in [-0.05, 0) is 28.8 Å². The number of aromatic nitrogens is 3. The van der Waals surface area contributed by atoms with Gasteiger partial charge in [0, 0.05) is 0 Å². The van der Waals surface area contributed by atoms with Crippen LogP contribution in [0.15, 0.2) is 41.3 Å². The van der Waals surface area contributed by atoms with E-state index in [1.807, 2.05) is 6.07 Å². The minimum atomic E-state index is -1.92. The lowest BCUT2D eigenvalue weighted by Gasteiger charge is -2.42. The second-order valence-electron chi connectivity index (χ2n) is 7.50. The normalized spacial score (nSPS) is 12.9. The van der Waals surface area contributed by atoms with E-state index < -0.39 is 8.07 Å². The van der Waals surface area contributed by atoms with Gasteiger partial charge in [-0.3, -0.25) is 4.57 Å². The van der Waals surface area contributed by atoms with Crippen molar-refractivity contribution in [1.82, 2.24) is 14.5 Å². The molecule has 0 amide bonds. The third-order valence-electron chi connectivity index (χ3n) is 5.45. The van der Waals surface area contributed by atoms with E-state index in [1.54, 1.807) is 6.20 Å². The SMILES string of the molecule is CC(C)[Si](c1nc2ccccc2n1-c1cnco1)(C(C)C)C(C)C. The van der Waals surface area contributed by atoms with Gasteiger partial charge in [0.15, 0.2) is 6.39 Å². The smallest absolute Gasteiger partial charge is 0.225 e. The Labute approximate surface area is 144 Å². The van der Waals surface area contributed by atoms with Crippen molar-refractivity contribution in [3.8, 4) is 5.88 Å². The van der Waals surface area contributed by atoms with Crippen LogP contribution in [0.1, 0.15) is 41.5 Å². The summed E-state index contributed by atoms with van der Waals surface area (Å²) in [5.74, 6) is 0.762. The molecule has 0 aliphatic carbocycles. The molecular formula is C19H27N3OSi. The van der Waals surface area contributed by atoms with Gasteiger partial charge in [-0.15, -0.1) is 0 Å². The first kappa shape index (κ1) is 17.0. The molecule has 0 spiro atoms. The highest BCUT2D eigenvalue weighted by Crippen LogP contribution is 2.41. The fraction of sp³-hybridized carbons (Fsp3) is 0.474.